The molecule has 1 unspecified atom stereocenters. The van der Waals surface area contributed by atoms with E-state index < -0.39 is 0 Å². The van der Waals surface area contributed by atoms with E-state index in [0.29, 0.717) is 30.2 Å². The van der Waals surface area contributed by atoms with Crippen LogP contribution in [0.2, 0.25) is 0 Å². The first-order valence-corrected chi connectivity index (χ1v) is 9.77. The van der Waals surface area contributed by atoms with Gasteiger partial charge in [0.2, 0.25) is 0 Å². The van der Waals surface area contributed by atoms with Gasteiger partial charge in [-0.15, -0.1) is 0 Å². The van der Waals surface area contributed by atoms with Gasteiger partial charge in [-0.1, -0.05) is 13.8 Å². The van der Waals surface area contributed by atoms with Gasteiger partial charge in [0.15, 0.2) is 5.69 Å². The molecule has 0 spiro atoms. The molecule has 0 fully saturated rings. The standard InChI is InChI=1S/C21H25N5O2/c1-14(2)11-25-5-6-26-18(12-25)9-19(24-26)21(27)23-17-8-16-7-15(10-22)3-4-20(16)28-13-17/h3-4,7,9,14,17H,5-6,8,11-13H2,1-2H3,(H,23,27). The highest BCUT2D eigenvalue weighted by atomic mass is 16.5. The van der Waals surface area contributed by atoms with Crippen molar-refractivity contribution in [2.45, 2.75) is 39.4 Å². The van der Waals surface area contributed by atoms with Crippen LogP contribution in [-0.4, -0.2) is 46.3 Å². The highest BCUT2D eigenvalue weighted by Crippen LogP contribution is 2.26. The summed E-state index contributed by atoms with van der Waals surface area (Å²) in [7, 11) is 0. The van der Waals surface area contributed by atoms with E-state index in [0.717, 1.165) is 43.2 Å². The predicted molar refractivity (Wildman–Crippen MR) is 104 cm³/mol. The van der Waals surface area contributed by atoms with Gasteiger partial charge in [-0.3, -0.25) is 14.4 Å². The lowest BCUT2D eigenvalue weighted by Gasteiger charge is -2.28. The summed E-state index contributed by atoms with van der Waals surface area (Å²) in [6.45, 7) is 8.50. The topological polar surface area (TPSA) is 83.2 Å². The Morgan fingerprint density at radius 1 is 1.39 bits per heavy atom. The van der Waals surface area contributed by atoms with Crippen LogP contribution in [-0.2, 0) is 19.5 Å². The molecule has 28 heavy (non-hydrogen) atoms. The lowest BCUT2D eigenvalue weighted by Crippen LogP contribution is -2.43. The fourth-order valence-electron chi connectivity index (χ4n) is 3.92. The zero-order chi connectivity index (χ0) is 19.7. The Morgan fingerprint density at radius 3 is 3.04 bits per heavy atom. The summed E-state index contributed by atoms with van der Waals surface area (Å²) < 4.78 is 7.69. The molecule has 2 aromatic rings. The summed E-state index contributed by atoms with van der Waals surface area (Å²) >= 11 is 0. The van der Waals surface area contributed by atoms with E-state index >= 15 is 0 Å². The third kappa shape index (κ3) is 3.87. The van der Waals surface area contributed by atoms with E-state index in [1.54, 1.807) is 6.07 Å². The Hall–Kier alpha value is -2.85. The van der Waals surface area contributed by atoms with Crippen LogP contribution in [0.15, 0.2) is 24.3 Å². The molecule has 0 aliphatic carbocycles. The fraction of sp³-hybridized carbons (Fsp3) is 0.476. The molecule has 7 nitrogen and oxygen atoms in total. The maximum atomic E-state index is 12.7. The largest absolute Gasteiger partial charge is 0.491 e. The molecule has 0 saturated carbocycles. The number of rotatable bonds is 4. The van der Waals surface area contributed by atoms with E-state index in [-0.39, 0.29) is 11.9 Å². The minimum Gasteiger partial charge on any atom is -0.491 e. The van der Waals surface area contributed by atoms with Gasteiger partial charge in [0.1, 0.15) is 12.4 Å². The molecule has 1 atom stereocenters. The van der Waals surface area contributed by atoms with Crippen LogP contribution in [0.3, 0.4) is 0 Å². The van der Waals surface area contributed by atoms with Crippen molar-refractivity contribution in [2.75, 3.05) is 19.7 Å². The molecule has 0 saturated heterocycles. The average Bonchev–Trinajstić information content (AvgIpc) is 3.10. The Labute approximate surface area is 164 Å². The van der Waals surface area contributed by atoms with Gasteiger partial charge >= 0.3 is 0 Å². The molecule has 1 amide bonds. The Morgan fingerprint density at radius 2 is 2.25 bits per heavy atom. The highest BCUT2D eigenvalue weighted by molar-refractivity contribution is 5.92. The number of hydrogen-bond acceptors (Lipinski definition) is 5. The van der Waals surface area contributed by atoms with Crippen LogP contribution in [0.4, 0.5) is 0 Å². The van der Waals surface area contributed by atoms with Crippen LogP contribution in [0.5, 0.6) is 5.75 Å². The summed E-state index contributed by atoms with van der Waals surface area (Å²) in [5.41, 5.74) is 3.09. The third-order valence-electron chi connectivity index (χ3n) is 5.16. The molecular formula is C21H25N5O2. The molecule has 2 aliphatic rings. The van der Waals surface area contributed by atoms with Crippen LogP contribution < -0.4 is 10.1 Å². The molecular weight excluding hydrogens is 354 g/mol. The summed E-state index contributed by atoms with van der Waals surface area (Å²) in [6.07, 6.45) is 0.645. The molecule has 7 heteroatoms. The maximum absolute atomic E-state index is 12.7. The van der Waals surface area contributed by atoms with Crippen molar-refractivity contribution >= 4 is 5.91 Å². The van der Waals surface area contributed by atoms with Gasteiger partial charge in [-0.25, -0.2) is 0 Å². The molecule has 0 bridgehead atoms. The molecule has 3 heterocycles. The van der Waals surface area contributed by atoms with Crippen molar-refractivity contribution in [1.29, 1.82) is 5.26 Å². The Balaban J connectivity index is 1.41. The lowest BCUT2D eigenvalue weighted by molar-refractivity contribution is 0.0909. The van der Waals surface area contributed by atoms with Gasteiger partial charge in [0.05, 0.1) is 29.9 Å². The number of amides is 1. The summed E-state index contributed by atoms with van der Waals surface area (Å²) in [4.78, 5) is 15.1. The second-order valence-electron chi connectivity index (χ2n) is 7.99. The van der Waals surface area contributed by atoms with Crippen LogP contribution >= 0.6 is 0 Å². The monoisotopic (exact) mass is 379 g/mol. The number of nitrogens with one attached hydrogen (secondary N) is 1. The smallest absolute Gasteiger partial charge is 0.272 e. The van der Waals surface area contributed by atoms with Crippen molar-refractivity contribution in [2.24, 2.45) is 5.92 Å². The van der Waals surface area contributed by atoms with Gasteiger partial charge in [-0.05, 0) is 42.2 Å². The van der Waals surface area contributed by atoms with Gasteiger partial charge in [-0.2, -0.15) is 10.4 Å². The number of nitriles is 1. The Bertz CT molecular complexity index is 927. The van der Waals surface area contributed by atoms with Gasteiger partial charge in [0, 0.05) is 19.6 Å². The van der Waals surface area contributed by atoms with Gasteiger partial charge in [0.25, 0.3) is 5.91 Å². The third-order valence-corrected chi connectivity index (χ3v) is 5.16. The second-order valence-corrected chi connectivity index (χ2v) is 7.99. The zero-order valence-electron chi connectivity index (χ0n) is 16.3. The average molecular weight is 379 g/mol. The SMILES string of the molecule is CC(C)CN1CCn2nc(C(=O)NC3COc4ccc(C#N)cc4C3)cc2C1. The van der Waals surface area contributed by atoms with E-state index in [4.69, 9.17) is 10.00 Å². The summed E-state index contributed by atoms with van der Waals surface area (Å²) in [5.74, 6) is 1.23. The lowest BCUT2D eigenvalue weighted by atomic mass is 10.0. The number of nitrogens with zero attached hydrogens (tertiary/aromatic N) is 4. The summed E-state index contributed by atoms with van der Waals surface area (Å²) in [5, 5.41) is 16.6. The minimum absolute atomic E-state index is 0.134. The molecule has 1 aromatic carbocycles. The second kappa shape index (κ2) is 7.64. The van der Waals surface area contributed by atoms with Crippen LogP contribution in [0, 0.1) is 17.2 Å². The number of ether oxygens (including phenoxy) is 1. The molecule has 1 aromatic heterocycles. The van der Waals surface area contributed by atoms with E-state index in [2.05, 4.69) is 35.2 Å². The van der Waals surface area contributed by atoms with E-state index in [1.165, 1.54) is 0 Å². The van der Waals surface area contributed by atoms with Gasteiger partial charge < -0.3 is 10.1 Å². The van der Waals surface area contributed by atoms with Crippen molar-refractivity contribution in [3.05, 3.63) is 46.8 Å². The van der Waals surface area contributed by atoms with E-state index in [1.807, 2.05) is 22.9 Å². The predicted octanol–water partition coefficient (Wildman–Crippen LogP) is 1.96. The van der Waals surface area contributed by atoms with Crippen LogP contribution in [0.25, 0.3) is 0 Å². The molecule has 2 aliphatic heterocycles. The van der Waals surface area contributed by atoms with Crippen molar-refractivity contribution in [1.82, 2.24) is 20.0 Å². The first kappa shape index (κ1) is 18.5. The maximum Gasteiger partial charge on any atom is 0.272 e. The fourth-order valence-corrected chi connectivity index (χ4v) is 3.92. The van der Waals surface area contributed by atoms with Crippen molar-refractivity contribution < 1.29 is 9.53 Å². The van der Waals surface area contributed by atoms with E-state index in [9.17, 15) is 4.79 Å². The van der Waals surface area contributed by atoms with Crippen molar-refractivity contribution in [3.63, 3.8) is 0 Å². The Kier molecular flexibility index (Phi) is 5.05. The van der Waals surface area contributed by atoms with Crippen molar-refractivity contribution in [3.8, 4) is 11.8 Å². The molecule has 4 rings (SSSR count). The minimum atomic E-state index is -0.175. The first-order valence-electron chi connectivity index (χ1n) is 9.77. The number of hydrogen-bond donors (Lipinski definition) is 1. The zero-order valence-corrected chi connectivity index (χ0v) is 16.3. The van der Waals surface area contributed by atoms with Crippen LogP contribution in [0.1, 0.15) is 41.2 Å². The number of carbonyl (C=O) groups is 1. The highest BCUT2D eigenvalue weighted by Gasteiger charge is 2.25. The number of benzene rings is 1. The summed E-state index contributed by atoms with van der Waals surface area (Å²) in [6, 6.07) is 9.29. The number of aromatic nitrogens is 2. The normalized spacial score (nSPS) is 18.7. The molecule has 0 radical (unpaired) electrons. The molecule has 146 valence electrons. The number of carbonyl (C=O) groups excluding carboxylic acids is 1. The number of fused-ring (bicyclic) bond motifs is 2. The quantitative estimate of drug-likeness (QED) is 0.878. The first-order chi connectivity index (χ1) is 13.5. The molecule has 1 N–H and O–H groups in total.